The number of nitrogens with two attached hydrogens (primary N) is 1. The van der Waals surface area contributed by atoms with E-state index in [0.29, 0.717) is 19.4 Å². The maximum Gasteiger partial charge on any atom is 0.163 e. The van der Waals surface area contributed by atoms with E-state index >= 15 is 0 Å². The number of rotatable bonds is 4. The van der Waals surface area contributed by atoms with Crippen molar-refractivity contribution in [3.8, 4) is 11.5 Å². The molecule has 0 fully saturated rings. The van der Waals surface area contributed by atoms with Crippen LogP contribution in [0.5, 0.6) is 11.5 Å². The summed E-state index contributed by atoms with van der Waals surface area (Å²) in [6.07, 6.45) is 1.68. The molecule has 0 aliphatic carbocycles. The van der Waals surface area contributed by atoms with Crippen LogP contribution in [0, 0.1) is 5.82 Å². The third-order valence-corrected chi connectivity index (χ3v) is 2.42. The molecular formula is C10H13ClFNO2. The summed E-state index contributed by atoms with van der Waals surface area (Å²) in [5.74, 6) is -1.51. The Morgan fingerprint density at radius 2 is 2.00 bits per heavy atom. The molecule has 15 heavy (non-hydrogen) atoms. The van der Waals surface area contributed by atoms with Crippen LogP contribution in [0.2, 0.25) is 5.02 Å². The Labute approximate surface area is 92.3 Å². The number of phenols is 2. The highest BCUT2D eigenvalue weighted by Crippen LogP contribution is 2.36. The van der Waals surface area contributed by atoms with Crippen molar-refractivity contribution in [2.75, 3.05) is 6.54 Å². The topological polar surface area (TPSA) is 66.5 Å². The largest absolute Gasteiger partial charge is 0.504 e. The van der Waals surface area contributed by atoms with E-state index < -0.39 is 17.3 Å². The lowest BCUT2D eigenvalue weighted by Gasteiger charge is -2.08. The van der Waals surface area contributed by atoms with Crippen molar-refractivity contribution in [3.63, 3.8) is 0 Å². The van der Waals surface area contributed by atoms with Crippen molar-refractivity contribution in [2.45, 2.75) is 19.3 Å². The molecule has 0 saturated carbocycles. The normalized spacial score (nSPS) is 10.6. The van der Waals surface area contributed by atoms with Gasteiger partial charge in [0.1, 0.15) is 5.82 Å². The van der Waals surface area contributed by atoms with E-state index in [1.165, 1.54) is 0 Å². The average molecular weight is 234 g/mol. The van der Waals surface area contributed by atoms with Crippen LogP contribution >= 0.6 is 11.6 Å². The fraction of sp³-hybridized carbons (Fsp3) is 0.400. The maximum absolute atomic E-state index is 13.4. The second-order valence-corrected chi connectivity index (χ2v) is 3.67. The molecule has 0 bridgehead atoms. The van der Waals surface area contributed by atoms with E-state index in [9.17, 15) is 14.6 Å². The van der Waals surface area contributed by atoms with Gasteiger partial charge >= 0.3 is 0 Å². The van der Waals surface area contributed by atoms with Crippen LogP contribution in [-0.4, -0.2) is 16.8 Å². The van der Waals surface area contributed by atoms with Crippen LogP contribution in [0.4, 0.5) is 4.39 Å². The van der Waals surface area contributed by atoms with E-state index in [1.807, 2.05) is 0 Å². The number of benzene rings is 1. The van der Waals surface area contributed by atoms with Gasteiger partial charge in [-0.05, 0) is 25.8 Å². The Hall–Kier alpha value is -1.00. The van der Waals surface area contributed by atoms with Crippen LogP contribution in [0.3, 0.4) is 0 Å². The Kier molecular flexibility index (Phi) is 4.17. The average Bonchev–Trinajstić information content (AvgIpc) is 2.20. The fourth-order valence-electron chi connectivity index (χ4n) is 1.33. The molecule has 0 aliphatic rings. The highest BCUT2D eigenvalue weighted by atomic mass is 35.5. The molecule has 0 unspecified atom stereocenters. The zero-order valence-corrected chi connectivity index (χ0v) is 8.89. The minimum Gasteiger partial charge on any atom is -0.504 e. The molecule has 5 heteroatoms. The SMILES string of the molecule is NCCCCc1c(O)c(O)cc(Cl)c1F. The van der Waals surface area contributed by atoms with Crippen LogP contribution < -0.4 is 5.73 Å². The van der Waals surface area contributed by atoms with Crippen LogP contribution in [0.15, 0.2) is 6.07 Å². The first-order valence-corrected chi connectivity index (χ1v) is 5.04. The molecule has 0 atom stereocenters. The minimum atomic E-state index is -0.677. The zero-order chi connectivity index (χ0) is 11.4. The molecule has 0 heterocycles. The van der Waals surface area contributed by atoms with Gasteiger partial charge in [0.05, 0.1) is 5.02 Å². The second kappa shape index (κ2) is 5.19. The van der Waals surface area contributed by atoms with Crippen molar-refractivity contribution >= 4 is 11.6 Å². The molecule has 0 aromatic heterocycles. The molecule has 0 radical (unpaired) electrons. The summed E-state index contributed by atoms with van der Waals surface area (Å²) in [7, 11) is 0. The summed E-state index contributed by atoms with van der Waals surface area (Å²) in [4.78, 5) is 0. The second-order valence-electron chi connectivity index (χ2n) is 3.26. The number of unbranched alkanes of at least 4 members (excludes halogenated alkanes) is 1. The lowest BCUT2D eigenvalue weighted by atomic mass is 10.1. The number of aromatic hydroxyl groups is 2. The van der Waals surface area contributed by atoms with Gasteiger partial charge in [0.25, 0.3) is 0 Å². The number of halogens is 2. The maximum atomic E-state index is 13.4. The first-order chi connectivity index (χ1) is 7.07. The summed E-state index contributed by atoms with van der Waals surface area (Å²) < 4.78 is 13.4. The standard InChI is InChI=1S/C10H13ClFNO2/c11-7-5-8(14)10(15)6(9(7)12)3-1-2-4-13/h5,14-15H,1-4,13H2. The molecule has 0 aliphatic heterocycles. The van der Waals surface area contributed by atoms with Gasteiger partial charge in [-0.1, -0.05) is 11.6 Å². The zero-order valence-electron chi connectivity index (χ0n) is 8.13. The molecule has 4 N–H and O–H groups in total. The molecule has 1 aromatic carbocycles. The van der Waals surface area contributed by atoms with Gasteiger partial charge in [-0.25, -0.2) is 4.39 Å². The van der Waals surface area contributed by atoms with Crippen LogP contribution in [-0.2, 0) is 6.42 Å². The summed E-state index contributed by atoms with van der Waals surface area (Å²) in [6.45, 7) is 0.509. The summed E-state index contributed by atoms with van der Waals surface area (Å²) in [6, 6.07) is 0.985. The van der Waals surface area contributed by atoms with Crippen molar-refractivity contribution in [1.82, 2.24) is 0 Å². The lowest BCUT2D eigenvalue weighted by molar-refractivity contribution is 0.393. The summed E-state index contributed by atoms with van der Waals surface area (Å²) in [5.41, 5.74) is 5.35. The van der Waals surface area contributed by atoms with Crippen LogP contribution in [0.1, 0.15) is 18.4 Å². The molecule has 1 aromatic rings. The summed E-state index contributed by atoms with van der Waals surface area (Å²) in [5, 5.41) is 18.5. The molecule has 0 amide bonds. The highest BCUT2D eigenvalue weighted by Gasteiger charge is 2.15. The third kappa shape index (κ3) is 2.73. The highest BCUT2D eigenvalue weighted by molar-refractivity contribution is 6.31. The van der Waals surface area contributed by atoms with Gasteiger partial charge in [-0.2, -0.15) is 0 Å². The predicted octanol–water partition coefficient (Wildman–Crippen LogP) is 2.17. The third-order valence-electron chi connectivity index (χ3n) is 2.15. The Balaban J connectivity index is 2.94. The Morgan fingerprint density at radius 1 is 1.33 bits per heavy atom. The van der Waals surface area contributed by atoms with Gasteiger partial charge in [0.2, 0.25) is 0 Å². The van der Waals surface area contributed by atoms with Gasteiger partial charge in [0, 0.05) is 11.6 Å². The van der Waals surface area contributed by atoms with Crippen molar-refractivity contribution in [2.24, 2.45) is 5.73 Å². The van der Waals surface area contributed by atoms with Crippen molar-refractivity contribution < 1.29 is 14.6 Å². The number of hydrogen-bond donors (Lipinski definition) is 3. The van der Waals surface area contributed by atoms with Gasteiger partial charge in [0.15, 0.2) is 11.5 Å². The van der Waals surface area contributed by atoms with Crippen molar-refractivity contribution in [1.29, 1.82) is 0 Å². The molecule has 1 rings (SSSR count). The van der Waals surface area contributed by atoms with E-state index in [4.69, 9.17) is 17.3 Å². The van der Waals surface area contributed by atoms with Gasteiger partial charge in [-0.3, -0.25) is 0 Å². The van der Waals surface area contributed by atoms with Crippen LogP contribution in [0.25, 0.3) is 0 Å². The minimum absolute atomic E-state index is 0.0495. The first-order valence-electron chi connectivity index (χ1n) is 4.66. The lowest BCUT2D eigenvalue weighted by Crippen LogP contribution is -2.00. The smallest absolute Gasteiger partial charge is 0.163 e. The monoisotopic (exact) mass is 233 g/mol. The van der Waals surface area contributed by atoms with Crippen molar-refractivity contribution in [3.05, 3.63) is 22.5 Å². The van der Waals surface area contributed by atoms with E-state index in [1.54, 1.807) is 0 Å². The molecule has 0 spiro atoms. The predicted molar refractivity (Wildman–Crippen MR) is 56.7 cm³/mol. The Morgan fingerprint density at radius 3 is 2.60 bits per heavy atom. The molecule has 0 saturated heterocycles. The first kappa shape index (κ1) is 12.1. The fourth-order valence-corrected chi connectivity index (χ4v) is 1.55. The Bertz CT molecular complexity index is 332. The molecule has 84 valence electrons. The van der Waals surface area contributed by atoms with E-state index in [0.717, 1.165) is 12.5 Å². The van der Waals surface area contributed by atoms with Gasteiger partial charge in [-0.15, -0.1) is 0 Å². The van der Waals surface area contributed by atoms with E-state index in [2.05, 4.69) is 0 Å². The summed E-state index contributed by atoms with van der Waals surface area (Å²) >= 11 is 5.53. The number of phenolic OH excluding ortho intramolecular Hbond substituents is 2. The molecule has 3 nitrogen and oxygen atoms in total. The molecular weight excluding hydrogens is 221 g/mol. The van der Waals surface area contributed by atoms with E-state index in [-0.39, 0.29) is 10.6 Å². The van der Waals surface area contributed by atoms with Gasteiger partial charge < -0.3 is 15.9 Å². The quantitative estimate of drug-likeness (QED) is 0.552. The number of hydrogen-bond acceptors (Lipinski definition) is 3.